The molecular weight excluding hydrogens is 673 g/mol. The molecule has 0 unspecified atom stereocenters. The number of nitrogens with zero attached hydrogens (tertiary/aromatic N) is 3. The summed E-state index contributed by atoms with van der Waals surface area (Å²) in [6.07, 6.45) is -1.23. The third-order valence-corrected chi connectivity index (χ3v) is 7.97. The van der Waals surface area contributed by atoms with Crippen LogP contribution < -0.4 is 15.2 Å². The van der Waals surface area contributed by atoms with Crippen molar-refractivity contribution in [3.8, 4) is 11.5 Å². The minimum absolute atomic E-state index is 0.125. The van der Waals surface area contributed by atoms with Crippen molar-refractivity contribution in [3.05, 3.63) is 48.5 Å². The lowest BCUT2D eigenvalue weighted by Crippen LogP contribution is -2.38. The van der Waals surface area contributed by atoms with E-state index < -0.39 is 41.2 Å². The lowest BCUT2D eigenvalue weighted by Gasteiger charge is -2.24. The molecule has 0 bridgehead atoms. The van der Waals surface area contributed by atoms with Crippen LogP contribution in [0.3, 0.4) is 0 Å². The molecular formula is C34H48N4O9S2. The van der Waals surface area contributed by atoms with Gasteiger partial charge < -0.3 is 34.5 Å². The molecule has 49 heavy (non-hydrogen) atoms. The van der Waals surface area contributed by atoms with Gasteiger partial charge in [-0.15, -0.1) is 23.5 Å². The average molecular weight is 721 g/mol. The quantitative estimate of drug-likeness (QED) is 0.142. The monoisotopic (exact) mass is 720 g/mol. The predicted octanol–water partition coefficient (Wildman–Crippen LogP) is 4.90. The molecule has 0 atom stereocenters. The first-order chi connectivity index (χ1) is 22.8. The van der Waals surface area contributed by atoms with Crippen LogP contribution in [0.5, 0.6) is 11.5 Å². The van der Waals surface area contributed by atoms with Crippen molar-refractivity contribution < 1.29 is 42.9 Å². The fourth-order valence-corrected chi connectivity index (χ4v) is 5.63. The number of amides is 3. The van der Waals surface area contributed by atoms with Crippen molar-refractivity contribution in [2.24, 2.45) is 5.73 Å². The van der Waals surface area contributed by atoms with Crippen LogP contribution in [0.1, 0.15) is 41.5 Å². The van der Waals surface area contributed by atoms with E-state index in [0.717, 1.165) is 19.6 Å². The second-order valence-corrected chi connectivity index (χ2v) is 15.3. The number of carbonyl (C=O) groups excluding carboxylic acids is 5. The summed E-state index contributed by atoms with van der Waals surface area (Å²) in [6, 6.07) is 14.1. The smallest absolute Gasteiger partial charge is 0.410 e. The standard InChI is InChI=1S/C34H48N4O9S2/c1-33(2,3)46-31(42)36(7)22-29(40)44-24-9-13-26(14-10-24)48-19-17-38(21-28(35)39)18-20-49-27-15-11-25(12-16-27)45-30(41)23-37(8)32(43)47-34(4,5)6/h9-16H,17-23H2,1-8H3,(H2,35,39). The van der Waals surface area contributed by atoms with Crippen LogP contribution in [0.15, 0.2) is 58.3 Å². The van der Waals surface area contributed by atoms with Gasteiger partial charge in [-0.05, 0) is 90.1 Å². The molecule has 0 spiro atoms. The molecule has 2 rings (SSSR count). The van der Waals surface area contributed by atoms with E-state index in [4.69, 9.17) is 24.7 Å². The molecule has 2 aromatic rings. The Balaban J connectivity index is 1.76. The van der Waals surface area contributed by atoms with Crippen molar-refractivity contribution in [2.45, 2.75) is 62.5 Å². The lowest BCUT2D eigenvalue weighted by atomic mass is 10.2. The maximum atomic E-state index is 12.3. The van der Waals surface area contributed by atoms with E-state index in [9.17, 15) is 24.0 Å². The number of hydrogen-bond acceptors (Lipinski definition) is 12. The van der Waals surface area contributed by atoms with Crippen LogP contribution in [-0.2, 0) is 23.9 Å². The van der Waals surface area contributed by atoms with Crippen molar-refractivity contribution in [1.82, 2.24) is 14.7 Å². The van der Waals surface area contributed by atoms with Crippen LogP contribution in [0.4, 0.5) is 9.59 Å². The first-order valence-electron chi connectivity index (χ1n) is 15.6. The van der Waals surface area contributed by atoms with Crippen molar-refractivity contribution in [2.75, 3.05) is 58.3 Å². The molecule has 0 heterocycles. The maximum absolute atomic E-state index is 12.3. The van der Waals surface area contributed by atoms with Gasteiger partial charge in [-0.1, -0.05) is 0 Å². The second kappa shape index (κ2) is 19.3. The van der Waals surface area contributed by atoms with Gasteiger partial charge in [-0.25, -0.2) is 19.2 Å². The Morgan fingerprint density at radius 3 is 1.27 bits per heavy atom. The number of benzene rings is 2. The molecule has 0 saturated heterocycles. The Kier molecular flexibility index (Phi) is 16.2. The fourth-order valence-electron chi connectivity index (χ4n) is 3.81. The summed E-state index contributed by atoms with van der Waals surface area (Å²) in [4.78, 5) is 66.6. The first-order valence-corrected chi connectivity index (χ1v) is 17.5. The molecule has 13 nitrogen and oxygen atoms in total. The number of esters is 2. The minimum atomic E-state index is -0.667. The Hall–Kier alpha value is -3.95. The van der Waals surface area contributed by atoms with Crippen LogP contribution >= 0.6 is 23.5 Å². The number of thioether (sulfide) groups is 2. The summed E-state index contributed by atoms with van der Waals surface area (Å²) in [5.74, 6) is 0.512. The summed E-state index contributed by atoms with van der Waals surface area (Å²) in [6.45, 7) is 11.3. The zero-order chi connectivity index (χ0) is 36.8. The van der Waals surface area contributed by atoms with Crippen molar-refractivity contribution >= 4 is 53.6 Å². The van der Waals surface area contributed by atoms with Crippen molar-refractivity contribution in [1.29, 1.82) is 0 Å². The number of nitrogens with two attached hydrogens (primary N) is 1. The van der Waals surface area contributed by atoms with Gasteiger partial charge in [0.05, 0.1) is 6.54 Å². The normalized spacial score (nSPS) is 11.4. The van der Waals surface area contributed by atoms with Gasteiger partial charge in [0.15, 0.2) is 0 Å². The molecule has 0 radical (unpaired) electrons. The number of carbonyl (C=O) groups is 5. The molecule has 0 fully saturated rings. The largest absolute Gasteiger partial charge is 0.444 e. The lowest BCUT2D eigenvalue weighted by molar-refractivity contribution is -0.136. The Bertz CT molecular complexity index is 1310. The Labute approximate surface area is 297 Å². The Morgan fingerprint density at radius 1 is 0.612 bits per heavy atom. The van der Waals surface area contributed by atoms with Gasteiger partial charge in [-0.3, -0.25) is 9.69 Å². The van der Waals surface area contributed by atoms with E-state index in [1.165, 1.54) is 14.1 Å². The third kappa shape index (κ3) is 17.9. The molecule has 2 N–H and O–H groups in total. The first kappa shape index (κ1) is 41.2. The van der Waals surface area contributed by atoms with E-state index in [1.54, 1.807) is 89.3 Å². The van der Waals surface area contributed by atoms with Gasteiger partial charge in [-0.2, -0.15) is 0 Å². The summed E-state index contributed by atoms with van der Waals surface area (Å²) in [7, 11) is 2.93. The molecule has 0 aliphatic rings. The molecule has 15 heteroatoms. The summed E-state index contributed by atoms with van der Waals surface area (Å²) in [5.41, 5.74) is 4.15. The highest BCUT2D eigenvalue weighted by Gasteiger charge is 2.23. The summed E-state index contributed by atoms with van der Waals surface area (Å²) >= 11 is 3.17. The number of likely N-dealkylation sites (N-methyl/N-ethyl adjacent to an activating group) is 2. The predicted molar refractivity (Wildman–Crippen MR) is 189 cm³/mol. The van der Waals surface area contributed by atoms with Gasteiger partial charge in [0.2, 0.25) is 5.91 Å². The fraction of sp³-hybridized carbons (Fsp3) is 0.500. The minimum Gasteiger partial charge on any atom is -0.444 e. The highest BCUT2D eigenvalue weighted by molar-refractivity contribution is 7.99. The van der Waals surface area contributed by atoms with Crippen molar-refractivity contribution in [3.63, 3.8) is 0 Å². The topological polar surface area (TPSA) is 158 Å². The number of rotatable bonds is 16. The Morgan fingerprint density at radius 2 is 0.959 bits per heavy atom. The highest BCUT2D eigenvalue weighted by atomic mass is 32.2. The average Bonchev–Trinajstić information content (AvgIpc) is 2.96. The second-order valence-electron chi connectivity index (χ2n) is 13.0. The molecule has 0 saturated carbocycles. The van der Waals surface area contributed by atoms with Gasteiger partial charge >= 0.3 is 24.1 Å². The number of hydrogen-bond donors (Lipinski definition) is 1. The number of ether oxygens (including phenoxy) is 4. The van der Waals surface area contributed by atoms with Gasteiger partial charge in [0.1, 0.15) is 35.8 Å². The molecule has 0 aliphatic carbocycles. The zero-order valence-corrected chi connectivity index (χ0v) is 31.1. The van der Waals surface area contributed by atoms with Gasteiger partial charge in [0, 0.05) is 48.5 Å². The van der Waals surface area contributed by atoms with E-state index in [1.807, 2.05) is 29.2 Å². The number of primary amides is 1. The molecule has 2 aromatic carbocycles. The summed E-state index contributed by atoms with van der Waals surface area (Å²) < 4.78 is 21.2. The van der Waals surface area contributed by atoms with Crippen LogP contribution in [0.25, 0.3) is 0 Å². The zero-order valence-electron chi connectivity index (χ0n) is 29.5. The third-order valence-electron chi connectivity index (χ3n) is 5.99. The summed E-state index contributed by atoms with van der Waals surface area (Å²) in [5, 5.41) is 0. The molecule has 0 aromatic heterocycles. The van der Waals surface area contributed by atoms with Crippen LogP contribution in [0.2, 0.25) is 0 Å². The SMILES string of the molecule is CN(CC(=O)Oc1ccc(SCCN(CCSc2ccc(OC(=O)CN(C)C(=O)OC(C)(C)C)cc2)CC(N)=O)cc1)C(=O)OC(C)(C)C. The van der Waals surface area contributed by atoms with Crippen LogP contribution in [-0.4, -0.2) is 114 Å². The van der Waals surface area contributed by atoms with E-state index in [-0.39, 0.29) is 19.6 Å². The van der Waals surface area contributed by atoms with Gasteiger partial charge in [0.25, 0.3) is 0 Å². The van der Waals surface area contributed by atoms with E-state index >= 15 is 0 Å². The van der Waals surface area contributed by atoms with E-state index in [2.05, 4.69) is 0 Å². The molecule has 3 amide bonds. The maximum Gasteiger partial charge on any atom is 0.410 e. The highest BCUT2D eigenvalue weighted by Crippen LogP contribution is 2.24. The molecule has 0 aliphatic heterocycles. The molecule has 270 valence electrons. The van der Waals surface area contributed by atoms with E-state index in [0.29, 0.717) is 36.1 Å². The van der Waals surface area contributed by atoms with Crippen LogP contribution in [0, 0.1) is 0 Å².